The second kappa shape index (κ2) is 5.85. The van der Waals surface area contributed by atoms with Crippen molar-refractivity contribution >= 4 is 17.2 Å². The molecule has 2 aromatic rings. The molecule has 0 saturated carbocycles. The molecule has 112 valence electrons. The van der Waals surface area contributed by atoms with Gasteiger partial charge in [-0.25, -0.2) is 0 Å². The third-order valence-electron chi connectivity index (χ3n) is 2.94. The van der Waals surface area contributed by atoms with Gasteiger partial charge in [-0.15, -0.1) is 11.3 Å². The molecule has 1 heterocycles. The van der Waals surface area contributed by atoms with E-state index in [1.54, 1.807) is 7.11 Å². The first-order valence-electron chi connectivity index (χ1n) is 6.74. The van der Waals surface area contributed by atoms with Crippen molar-refractivity contribution in [3.8, 4) is 11.4 Å². The van der Waals surface area contributed by atoms with Gasteiger partial charge in [0.2, 0.25) is 0 Å². The van der Waals surface area contributed by atoms with E-state index in [-0.39, 0.29) is 5.91 Å². The van der Waals surface area contributed by atoms with Crippen molar-refractivity contribution in [1.29, 1.82) is 0 Å². The van der Waals surface area contributed by atoms with Crippen molar-refractivity contribution in [2.75, 3.05) is 7.11 Å². The van der Waals surface area contributed by atoms with E-state index in [1.807, 2.05) is 62.7 Å². The van der Waals surface area contributed by atoms with Crippen LogP contribution in [-0.2, 0) is 4.79 Å². The van der Waals surface area contributed by atoms with Crippen LogP contribution in [-0.4, -0.2) is 17.6 Å². The lowest BCUT2D eigenvalue weighted by atomic mass is 9.96. The highest BCUT2D eigenvalue weighted by atomic mass is 32.1. The Morgan fingerprint density at radius 3 is 2.67 bits per heavy atom. The molecular formula is C16H20N2O2S. The van der Waals surface area contributed by atoms with E-state index in [4.69, 9.17) is 4.74 Å². The lowest BCUT2D eigenvalue weighted by Gasteiger charge is -2.12. The van der Waals surface area contributed by atoms with Gasteiger partial charge in [0.25, 0.3) is 5.91 Å². The number of carbonyl (C=O) groups excluding carboxylic acids is 1. The molecule has 1 aromatic heterocycles. The second-order valence-electron chi connectivity index (χ2n) is 5.86. The van der Waals surface area contributed by atoms with Crippen molar-refractivity contribution in [2.45, 2.75) is 27.7 Å². The van der Waals surface area contributed by atoms with E-state index in [2.05, 4.69) is 4.99 Å². The van der Waals surface area contributed by atoms with Gasteiger partial charge in [-0.1, -0.05) is 26.8 Å². The van der Waals surface area contributed by atoms with Crippen LogP contribution in [0.2, 0.25) is 0 Å². The Morgan fingerprint density at radius 1 is 1.33 bits per heavy atom. The molecule has 0 atom stereocenters. The number of hydrogen-bond donors (Lipinski definition) is 0. The van der Waals surface area contributed by atoms with Gasteiger partial charge in [0.05, 0.1) is 12.8 Å². The van der Waals surface area contributed by atoms with Gasteiger partial charge in [-0.2, -0.15) is 4.99 Å². The van der Waals surface area contributed by atoms with E-state index in [1.165, 1.54) is 11.3 Å². The van der Waals surface area contributed by atoms with Crippen LogP contribution in [0.1, 0.15) is 25.6 Å². The Balaban J connectivity index is 2.56. The predicted molar refractivity (Wildman–Crippen MR) is 85.0 cm³/mol. The fraction of sp³-hybridized carbons (Fsp3) is 0.375. The maximum Gasteiger partial charge on any atom is 0.253 e. The standard InChI is InChI=1S/C16H20N2O2S/c1-11-10-18(12-7-6-8-13(9-12)20-5)15(21-11)17-14(19)16(2,3)4/h6-10H,1-5H3. The molecule has 0 unspecified atom stereocenters. The van der Waals surface area contributed by atoms with Crippen LogP contribution >= 0.6 is 11.3 Å². The predicted octanol–water partition coefficient (Wildman–Crippen LogP) is 3.33. The SMILES string of the molecule is COc1cccc(-n2cc(C)sc2=NC(=O)C(C)(C)C)c1. The average molecular weight is 304 g/mol. The van der Waals surface area contributed by atoms with Crippen LogP contribution in [0.5, 0.6) is 5.75 Å². The van der Waals surface area contributed by atoms with Gasteiger partial charge in [0.1, 0.15) is 5.75 Å². The molecule has 4 nitrogen and oxygen atoms in total. The number of ether oxygens (including phenoxy) is 1. The molecule has 0 aliphatic carbocycles. The monoisotopic (exact) mass is 304 g/mol. The average Bonchev–Trinajstić information content (AvgIpc) is 2.78. The highest BCUT2D eigenvalue weighted by Gasteiger charge is 2.21. The number of carbonyl (C=O) groups is 1. The molecule has 0 bridgehead atoms. The fourth-order valence-electron chi connectivity index (χ4n) is 1.73. The second-order valence-corrected chi connectivity index (χ2v) is 7.08. The largest absolute Gasteiger partial charge is 0.497 e. The van der Waals surface area contributed by atoms with E-state index in [9.17, 15) is 4.79 Å². The molecule has 1 amide bonds. The smallest absolute Gasteiger partial charge is 0.253 e. The summed E-state index contributed by atoms with van der Waals surface area (Å²) in [6, 6.07) is 7.70. The molecule has 0 N–H and O–H groups in total. The quantitative estimate of drug-likeness (QED) is 0.854. The summed E-state index contributed by atoms with van der Waals surface area (Å²) in [7, 11) is 1.64. The van der Waals surface area contributed by atoms with Crippen LogP contribution < -0.4 is 9.54 Å². The van der Waals surface area contributed by atoms with Crippen LogP contribution in [0.4, 0.5) is 0 Å². The lowest BCUT2D eigenvalue weighted by Crippen LogP contribution is -2.22. The van der Waals surface area contributed by atoms with Crippen LogP contribution in [0.25, 0.3) is 5.69 Å². The number of nitrogens with zero attached hydrogens (tertiary/aromatic N) is 2. The highest BCUT2D eigenvalue weighted by molar-refractivity contribution is 7.09. The summed E-state index contributed by atoms with van der Waals surface area (Å²) in [5, 5.41) is 0. The molecular weight excluding hydrogens is 284 g/mol. The summed E-state index contributed by atoms with van der Waals surface area (Å²) in [5.74, 6) is 0.651. The zero-order chi connectivity index (χ0) is 15.6. The normalized spacial score (nSPS) is 12.5. The Bertz CT molecular complexity index is 720. The van der Waals surface area contributed by atoms with E-state index >= 15 is 0 Å². The number of rotatable bonds is 2. The minimum atomic E-state index is -0.482. The van der Waals surface area contributed by atoms with E-state index in [0.29, 0.717) is 4.80 Å². The first-order chi connectivity index (χ1) is 9.81. The van der Waals surface area contributed by atoms with Crippen molar-refractivity contribution in [3.05, 3.63) is 40.1 Å². The minimum absolute atomic E-state index is 0.124. The number of benzene rings is 1. The van der Waals surface area contributed by atoms with Gasteiger partial charge < -0.3 is 4.74 Å². The number of methoxy groups -OCH3 is 1. The van der Waals surface area contributed by atoms with Gasteiger partial charge >= 0.3 is 0 Å². The molecule has 5 heteroatoms. The van der Waals surface area contributed by atoms with Gasteiger partial charge in [0.15, 0.2) is 4.80 Å². The number of aryl methyl sites for hydroxylation is 1. The number of amides is 1. The lowest BCUT2D eigenvalue weighted by molar-refractivity contribution is -0.125. The van der Waals surface area contributed by atoms with Crippen molar-refractivity contribution in [1.82, 2.24) is 4.57 Å². The first kappa shape index (κ1) is 15.5. The minimum Gasteiger partial charge on any atom is -0.497 e. The molecule has 0 radical (unpaired) electrons. The fourth-order valence-corrected chi connectivity index (χ4v) is 2.56. The molecule has 2 rings (SSSR count). The summed E-state index contributed by atoms with van der Waals surface area (Å²) >= 11 is 1.50. The molecule has 0 aliphatic heterocycles. The maximum absolute atomic E-state index is 12.2. The Morgan fingerprint density at radius 2 is 2.05 bits per heavy atom. The van der Waals surface area contributed by atoms with Crippen molar-refractivity contribution < 1.29 is 9.53 Å². The number of thiazole rings is 1. The topological polar surface area (TPSA) is 43.6 Å². The summed E-state index contributed by atoms with van der Waals surface area (Å²) in [4.78, 5) is 18.2. The van der Waals surface area contributed by atoms with Crippen LogP contribution in [0.3, 0.4) is 0 Å². The van der Waals surface area contributed by atoms with Crippen molar-refractivity contribution in [2.24, 2.45) is 10.4 Å². The van der Waals surface area contributed by atoms with Crippen LogP contribution in [0, 0.1) is 12.3 Å². The molecule has 21 heavy (non-hydrogen) atoms. The summed E-state index contributed by atoms with van der Waals surface area (Å²) in [6.07, 6.45) is 1.98. The Hall–Kier alpha value is -1.88. The zero-order valence-corrected chi connectivity index (χ0v) is 13.8. The Labute approximate surface area is 128 Å². The first-order valence-corrected chi connectivity index (χ1v) is 7.55. The summed E-state index contributed by atoms with van der Waals surface area (Å²) in [6.45, 7) is 7.61. The molecule has 0 saturated heterocycles. The molecule has 1 aromatic carbocycles. The number of hydrogen-bond acceptors (Lipinski definition) is 3. The third-order valence-corrected chi connectivity index (χ3v) is 3.84. The Kier molecular flexibility index (Phi) is 4.32. The summed E-state index contributed by atoms with van der Waals surface area (Å²) in [5.41, 5.74) is 0.448. The van der Waals surface area contributed by atoms with Gasteiger partial charge in [-0.05, 0) is 19.1 Å². The molecule has 0 fully saturated rings. The zero-order valence-electron chi connectivity index (χ0n) is 13.0. The van der Waals surface area contributed by atoms with E-state index in [0.717, 1.165) is 16.3 Å². The maximum atomic E-state index is 12.2. The van der Waals surface area contributed by atoms with Crippen molar-refractivity contribution in [3.63, 3.8) is 0 Å². The third kappa shape index (κ3) is 3.61. The highest BCUT2D eigenvalue weighted by Crippen LogP contribution is 2.18. The molecule has 0 aliphatic rings. The van der Waals surface area contributed by atoms with Gasteiger partial charge in [-0.3, -0.25) is 9.36 Å². The number of aromatic nitrogens is 1. The van der Waals surface area contributed by atoms with Crippen LogP contribution in [0.15, 0.2) is 35.5 Å². The van der Waals surface area contributed by atoms with Gasteiger partial charge in [0, 0.05) is 22.6 Å². The molecule has 0 spiro atoms. The summed E-state index contributed by atoms with van der Waals surface area (Å²) < 4.78 is 7.17. The van der Waals surface area contributed by atoms with E-state index < -0.39 is 5.41 Å².